The van der Waals surface area contributed by atoms with Crippen LogP contribution in [0.1, 0.15) is 32.4 Å². The molecule has 3 aromatic rings. The van der Waals surface area contributed by atoms with Crippen molar-refractivity contribution in [2.45, 2.75) is 32.4 Å². The second kappa shape index (κ2) is 9.32. The van der Waals surface area contributed by atoms with E-state index >= 15 is 0 Å². The molecule has 1 atom stereocenters. The van der Waals surface area contributed by atoms with Crippen molar-refractivity contribution in [1.29, 1.82) is 0 Å². The van der Waals surface area contributed by atoms with Crippen molar-refractivity contribution in [3.63, 3.8) is 0 Å². The Balaban J connectivity index is 2.01. The molecule has 0 heterocycles. The van der Waals surface area contributed by atoms with Gasteiger partial charge >= 0.3 is 6.09 Å². The molecule has 0 aliphatic carbocycles. The summed E-state index contributed by atoms with van der Waals surface area (Å²) in [5.41, 5.74) is 0.267. The predicted molar refractivity (Wildman–Crippen MR) is 123 cm³/mol. The minimum Gasteiger partial charge on any atom is -0.444 e. The molecule has 0 saturated carbocycles. The maximum absolute atomic E-state index is 14.5. The van der Waals surface area contributed by atoms with Crippen LogP contribution in [0, 0.1) is 0 Å². The first-order valence-electron chi connectivity index (χ1n) is 10.0. The molecule has 0 aromatic heterocycles. The van der Waals surface area contributed by atoms with Crippen molar-refractivity contribution in [2.24, 2.45) is 0 Å². The summed E-state index contributed by atoms with van der Waals surface area (Å²) in [4.78, 5) is 12.6. The van der Waals surface area contributed by atoms with Crippen LogP contribution in [0.3, 0.4) is 0 Å². The molecule has 0 bridgehead atoms. The summed E-state index contributed by atoms with van der Waals surface area (Å²) in [6.45, 7) is 5.47. The van der Waals surface area contributed by atoms with Crippen LogP contribution in [-0.4, -0.2) is 17.9 Å². The monoisotopic (exact) mass is 421 g/mol. The van der Waals surface area contributed by atoms with Gasteiger partial charge in [-0.25, -0.2) is 4.79 Å². The molecular weight excluding hydrogens is 393 g/mol. The highest BCUT2D eigenvalue weighted by Crippen LogP contribution is 2.46. The third kappa shape index (κ3) is 5.61. The van der Waals surface area contributed by atoms with Crippen molar-refractivity contribution in [2.75, 3.05) is 6.16 Å². The molecular formula is C25H28NO3P. The topological polar surface area (TPSA) is 55.4 Å². The molecule has 4 nitrogen and oxygen atoms in total. The summed E-state index contributed by atoms with van der Waals surface area (Å²) >= 11 is 0. The first-order valence-corrected chi connectivity index (χ1v) is 11.9. The highest BCUT2D eigenvalue weighted by molar-refractivity contribution is 7.78. The largest absolute Gasteiger partial charge is 0.444 e. The fourth-order valence-electron chi connectivity index (χ4n) is 3.32. The maximum atomic E-state index is 14.5. The van der Waals surface area contributed by atoms with Crippen LogP contribution in [0.2, 0.25) is 0 Å². The molecule has 1 N–H and O–H groups in total. The number of amides is 1. The molecule has 0 aliphatic rings. The molecule has 0 unspecified atom stereocenters. The SMILES string of the molecule is CC(C)(C)OC(=O)N[C@@H](CP(=O)(c1ccccc1)c1ccccc1)c1ccccc1. The van der Waals surface area contributed by atoms with Gasteiger partial charge in [-0.2, -0.15) is 0 Å². The van der Waals surface area contributed by atoms with Crippen molar-refractivity contribution >= 4 is 23.8 Å². The van der Waals surface area contributed by atoms with E-state index < -0.39 is 24.9 Å². The number of benzene rings is 3. The zero-order valence-corrected chi connectivity index (χ0v) is 18.5. The van der Waals surface area contributed by atoms with Gasteiger partial charge in [0.05, 0.1) is 6.04 Å². The van der Waals surface area contributed by atoms with Gasteiger partial charge in [-0.3, -0.25) is 0 Å². The average molecular weight is 421 g/mol. The minimum absolute atomic E-state index is 0.254. The molecule has 156 valence electrons. The quantitative estimate of drug-likeness (QED) is 0.552. The molecule has 30 heavy (non-hydrogen) atoms. The van der Waals surface area contributed by atoms with Gasteiger partial charge in [0.15, 0.2) is 0 Å². The Bertz CT molecular complexity index is 955. The predicted octanol–water partition coefficient (Wildman–Crippen LogP) is 5.27. The van der Waals surface area contributed by atoms with Gasteiger partial charge < -0.3 is 14.6 Å². The molecule has 0 fully saturated rings. The van der Waals surface area contributed by atoms with Gasteiger partial charge in [-0.05, 0) is 26.3 Å². The first-order chi connectivity index (χ1) is 14.3. The number of rotatable bonds is 6. The van der Waals surface area contributed by atoms with Crippen molar-refractivity contribution in [3.8, 4) is 0 Å². The van der Waals surface area contributed by atoms with E-state index in [1.54, 1.807) is 0 Å². The zero-order chi connectivity index (χ0) is 21.6. The summed E-state index contributed by atoms with van der Waals surface area (Å²) in [7, 11) is -3.02. The Morgan fingerprint density at radius 1 is 0.833 bits per heavy atom. The maximum Gasteiger partial charge on any atom is 0.408 e. The third-order valence-corrected chi connectivity index (χ3v) is 7.82. The van der Waals surface area contributed by atoms with Crippen LogP contribution in [0.15, 0.2) is 91.0 Å². The van der Waals surface area contributed by atoms with Crippen LogP contribution < -0.4 is 15.9 Å². The summed E-state index contributed by atoms with van der Waals surface area (Å²) in [6, 6.07) is 28.1. The van der Waals surface area contributed by atoms with E-state index in [4.69, 9.17) is 4.74 Å². The fraction of sp³-hybridized carbons (Fsp3) is 0.240. The third-order valence-electron chi connectivity index (χ3n) is 4.68. The second-order valence-corrected chi connectivity index (χ2v) is 11.1. The number of hydrogen-bond acceptors (Lipinski definition) is 3. The van der Waals surface area contributed by atoms with Gasteiger partial charge in [0.25, 0.3) is 0 Å². The van der Waals surface area contributed by atoms with E-state index in [0.717, 1.165) is 16.2 Å². The number of carbonyl (C=O) groups excluding carboxylic acids is 1. The highest BCUT2D eigenvalue weighted by atomic mass is 31.2. The molecule has 1 amide bonds. The second-order valence-electron chi connectivity index (χ2n) is 8.20. The average Bonchev–Trinajstić information content (AvgIpc) is 2.74. The normalized spacial score (nSPS) is 12.8. The van der Waals surface area contributed by atoms with Gasteiger partial charge in [0.1, 0.15) is 12.7 Å². The number of alkyl carbamates (subject to hydrolysis) is 1. The Hall–Kier alpha value is -2.84. The molecule has 3 rings (SSSR count). The molecule has 5 heteroatoms. The van der Waals surface area contributed by atoms with E-state index in [1.807, 2.05) is 112 Å². The molecule has 0 radical (unpaired) electrons. The van der Waals surface area contributed by atoms with Gasteiger partial charge in [-0.15, -0.1) is 0 Å². The summed E-state index contributed by atoms with van der Waals surface area (Å²) in [5.74, 6) is 0. The van der Waals surface area contributed by atoms with Crippen LogP contribution in [0.5, 0.6) is 0 Å². The van der Waals surface area contributed by atoms with E-state index in [0.29, 0.717) is 0 Å². The van der Waals surface area contributed by atoms with Crippen molar-refractivity contribution in [1.82, 2.24) is 5.32 Å². The van der Waals surface area contributed by atoms with Crippen LogP contribution >= 0.6 is 7.14 Å². The Morgan fingerprint density at radius 3 is 1.70 bits per heavy atom. The minimum atomic E-state index is -3.02. The first kappa shape index (κ1) is 21.9. The number of ether oxygens (including phenoxy) is 1. The molecule has 0 spiro atoms. The Morgan fingerprint density at radius 2 is 1.27 bits per heavy atom. The smallest absolute Gasteiger partial charge is 0.408 e. The van der Waals surface area contributed by atoms with E-state index in [2.05, 4.69) is 5.32 Å². The zero-order valence-electron chi connectivity index (χ0n) is 17.6. The molecule has 0 saturated heterocycles. The standard InChI is InChI=1S/C25H28NO3P/c1-25(2,3)29-24(27)26-23(20-13-7-4-8-14-20)19-30(28,21-15-9-5-10-16-21)22-17-11-6-12-18-22/h4-18,23H,19H2,1-3H3,(H,26,27)/t23-/m0/s1. The summed E-state index contributed by atoms with van der Waals surface area (Å²) < 4.78 is 20.0. The lowest BCUT2D eigenvalue weighted by Crippen LogP contribution is -2.37. The molecule has 3 aromatic carbocycles. The van der Waals surface area contributed by atoms with E-state index in [1.165, 1.54) is 0 Å². The fourth-order valence-corrected chi connectivity index (χ4v) is 6.17. The van der Waals surface area contributed by atoms with Crippen LogP contribution in [0.25, 0.3) is 0 Å². The lowest BCUT2D eigenvalue weighted by Gasteiger charge is -2.28. The van der Waals surface area contributed by atoms with Crippen molar-refractivity contribution < 1.29 is 14.1 Å². The number of hydrogen-bond donors (Lipinski definition) is 1. The molecule has 0 aliphatic heterocycles. The van der Waals surface area contributed by atoms with E-state index in [-0.39, 0.29) is 6.16 Å². The Kier molecular flexibility index (Phi) is 6.79. The number of carbonyl (C=O) groups is 1. The van der Waals surface area contributed by atoms with Crippen LogP contribution in [0.4, 0.5) is 4.79 Å². The van der Waals surface area contributed by atoms with Crippen molar-refractivity contribution in [3.05, 3.63) is 96.6 Å². The van der Waals surface area contributed by atoms with Crippen LogP contribution in [-0.2, 0) is 9.30 Å². The van der Waals surface area contributed by atoms with Gasteiger partial charge in [0, 0.05) is 16.8 Å². The van der Waals surface area contributed by atoms with Gasteiger partial charge in [-0.1, -0.05) is 91.0 Å². The highest BCUT2D eigenvalue weighted by Gasteiger charge is 2.33. The van der Waals surface area contributed by atoms with E-state index in [9.17, 15) is 9.36 Å². The Labute approximate surface area is 178 Å². The summed E-state index contributed by atoms with van der Waals surface area (Å²) in [6.07, 6.45) is -0.270. The number of nitrogens with one attached hydrogen (secondary N) is 1. The lowest BCUT2D eigenvalue weighted by atomic mass is 10.1. The summed E-state index contributed by atoms with van der Waals surface area (Å²) in [5, 5.41) is 4.49. The van der Waals surface area contributed by atoms with Gasteiger partial charge in [0.2, 0.25) is 0 Å². The lowest BCUT2D eigenvalue weighted by molar-refractivity contribution is 0.0508.